The average Bonchev–Trinajstić information content (AvgIpc) is 3.09. The van der Waals surface area contributed by atoms with Crippen molar-refractivity contribution >= 4 is 23.6 Å². The molecule has 9 heteroatoms. The second kappa shape index (κ2) is 7.67. The molecule has 2 aliphatic heterocycles. The molecule has 0 saturated carbocycles. The van der Waals surface area contributed by atoms with Crippen LogP contribution in [0.25, 0.3) is 0 Å². The Hall–Kier alpha value is -2.42. The van der Waals surface area contributed by atoms with Crippen LogP contribution in [0.5, 0.6) is 0 Å². The minimum Gasteiger partial charge on any atom is -0.481 e. The average molecular weight is 377 g/mol. The minimum atomic E-state index is -1.10. The van der Waals surface area contributed by atoms with Crippen LogP contribution in [0.3, 0.4) is 0 Å². The van der Waals surface area contributed by atoms with Crippen molar-refractivity contribution in [1.82, 2.24) is 15.3 Å². The van der Waals surface area contributed by atoms with Crippen LogP contribution in [0.4, 0.5) is 11.8 Å². The molecule has 1 aromatic heterocycles. The molecule has 1 aromatic rings. The number of aliphatic carboxylic acids is 1. The first kappa shape index (κ1) is 19.3. The molecule has 0 bridgehead atoms. The van der Waals surface area contributed by atoms with Gasteiger partial charge in [0.1, 0.15) is 5.82 Å². The van der Waals surface area contributed by atoms with Crippen molar-refractivity contribution in [3.63, 3.8) is 0 Å². The van der Waals surface area contributed by atoms with Crippen LogP contribution in [0.15, 0.2) is 6.20 Å². The van der Waals surface area contributed by atoms with Gasteiger partial charge < -0.3 is 25.0 Å². The number of ether oxygens (including phenoxy) is 1. The van der Waals surface area contributed by atoms with Crippen molar-refractivity contribution in [2.75, 3.05) is 49.2 Å². The molecule has 9 nitrogen and oxygen atoms in total. The van der Waals surface area contributed by atoms with Gasteiger partial charge in [0.05, 0.1) is 18.6 Å². The molecular weight excluding hydrogens is 350 g/mol. The van der Waals surface area contributed by atoms with E-state index < -0.39 is 11.4 Å². The van der Waals surface area contributed by atoms with E-state index in [4.69, 9.17) is 9.72 Å². The Morgan fingerprint density at radius 1 is 1.26 bits per heavy atom. The monoisotopic (exact) mass is 377 g/mol. The maximum absolute atomic E-state index is 11.8. The highest BCUT2D eigenvalue weighted by molar-refractivity contribution is 5.82. The van der Waals surface area contributed by atoms with Gasteiger partial charge in [-0.25, -0.2) is 4.98 Å². The molecule has 2 saturated heterocycles. The summed E-state index contributed by atoms with van der Waals surface area (Å²) < 4.78 is 5.42. The highest BCUT2D eigenvalue weighted by Crippen LogP contribution is 2.33. The van der Waals surface area contributed by atoms with Crippen LogP contribution in [-0.4, -0.2) is 72.4 Å². The highest BCUT2D eigenvalue weighted by atomic mass is 16.5. The maximum atomic E-state index is 11.8. The van der Waals surface area contributed by atoms with E-state index in [2.05, 4.69) is 15.2 Å². The van der Waals surface area contributed by atoms with E-state index in [0.717, 1.165) is 13.0 Å². The minimum absolute atomic E-state index is 0.0460. The van der Waals surface area contributed by atoms with Gasteiger partial charge in [0.2, 0.25) is 11.9 Å². The Morgan fingerprint density at radius 3 is 2.59 bits per heavy atom. The molecule has 1 atom stereocenters. The van der Waals surface area contributed by atoms with E-state index in [1.54, 1.807) is 20.0 Å². The van der Waals surface area contributed by atoms with Crippen molar-refractivity contribution in [1.29, 1.82) is 0 Å². The second-order valence-electron chi connectivity index (χ2n) is 7.57. The first-order chi connectivity index (χ1) is 12.8. The van der Waals surface area contributed by atoms with Crippen molar-refractivity contribution in [3.05, 3.63) is 11.8 Å². The lowest BCUT2D eigenvalue weighted by atomic mass is 9.85. The second-order valence-corrected chi connectivity index (χ2v) is 7.57. The van der Waals surface area contributed by atoms with Crippen LogP contribution < -0.4 is 15.1 Å². The third kappa shape index (κ3) is 4.13. The predicted molar refractivity (Wildman–Crippen MR) is 100 cm³/mol. The molecule has 0 aromatic carbocycles. The third-order valence-electron chi connectivity index (χ3n) is 5.15. The van der Waals surface area contributed by atoms with Gasteiger partial charge in [0, 0.05) is 50.9 Å². The summed E-state index contributed by atoms with van der Waals surface area (Å²) in [7, 11) is 0. The first-order valence-corrected chi connectivity index (χ1v) is 9.24. The molecule has 2 aliphatic rings. The summed E-state index contributed by atoms with van der Waals surface area (Å²) in [5.74, 6) is 0.253. The summed E-state index contributed by atoms with van der Waals surface area (Å²) in [6.45, 7) is 8.72. The van der Waals surface area contributed by atoms with Crippen LogP contribution in [-0.2, 0) is 19.7 Å². The van der Waals surface area contributed by atoms with Gasteiger partial charge in [0.25, 0.3) is 0 Å². The zero-order valence-electron chi connectivity index (χ0n) is 16.1. The summed E-state index contributed by atoms with van der Waals surface area (Å²) in [6, 6.07) is 0.0769. The molecule has 1 unspecified atom stereocenters. The van der Waals surface area contributed by atoms with Crippen molar-refractivity contribution in [2.45, 2.75) is 38.6 Å². The number of carboxylic acids is 1. The van der Waals surface area contributed by atoms with E-state index in [1.165, 1.54) is 6.92 Å². The summed E-state index contributed by atoms with van der Waals surface area (Å²) in [5.41, 5.74) is -0.506. The number of anilines is 2. The smallest absolute Gasteiger partial charge is 0.313 e. The number of carbonyl (C=O) groups excluding carboxylic acids is 1. The summed E-state index contributed by atoms with van der Waals surface area (Å²) in [5, 5.41) is 12.6. The molecule has 148 valence electrons. The molecule has 3 heterocycles. The van der Waals surface area contributed by atoms with E-state index in [0.29, 0.717) is 50.2 Å². The predicted octanol–water partition coefficient (Wildman–Crippen LogP) is 0.390. The van der Waals surface area contributed by atoms with E-state index in [1.807, 2.05) is 4.90 Å². The van der Waals surface area contributed by atoms with E-state index in [-0.39, 0.29) is 11.9 Å². The fourth-order valence-corrected chi connectivity index (χ4v) is 3.44. The van der Waals surface area contributed by atoms with Gasteiger partial charge in [0.15, 0.2) is 0 Å². The maximum Gasteiger partial charge on any atom is 0.313 e. The van der Waals surface area contributed by atoms with E-state index >= 15 is 0 Å². The lowest BCUT2D eigenvalue weighted by Gasteiger charge is -2.33. The van der Waals surface area contributed by atoms with Crippen LogP contribution in [0.2, 0.25) is 0 Å². The quantitative estimate of drug-likeness (QED) is 0.759. The molecule has 2 N–H and O–H groups in total. The SMILES string of the molecule is CC(=O)NC1CCN(c2ncc(C(C)(C)C(=O)O)c(N3CCOCC3)n2)C1. The topological polar surface area (TPSA) is 108 Å². The van der Waals surface area contributed by atoms with Gasteiger partial charge in [-0.15, -0.1) is 0 Å². The Kier molecular flexibility index (Phi) is 5.50. The van der Waals surface area contributed by atoms with Crippen molar-refractivity contribution in [2.24, 2.45) is 0 Å². The lowest BCUT2D eigenvalue weighted by molar-refractivity contribution is -0.142. The fourth-order valence-electron chi connectivity index (χ4n) is 3.44. The number of hydrogen-bond acceptors (Lipinski definition) is 7. The molecular formula is C18H27N5O4. The number of amides is 1. The van der Waals surface area contributed by atoms with Gasteiger partial charge in [-0.1, -0.05) is 0 Å². The number of rotatable bonds is 5. The Balaban J connectivity index is 1.91. The fraction of sp³-hybridized carbons (Fsp3) is 0.667. The molecule has 0 spiro atoms. The van der Waals surface area contributed by atoms with Crippen LogP contribution in [0, 0.1) is 0 Å². The largest absolute Gasteiger partial charge is 0.481 e. The number of aromatic nitrogens is 2. The first-order valence-electron chi connectivity index (χ1n) is 9.24. The van der Waals surface area contributed by atoms with Gasteiger partial charge in [-0.3, -0.25) is 9.59 Å². The number of morpholine rings is 1. The number of nitrogens with one attached hydrogen (secondary N) is 1. The molecule has 2 fully saturated rings. The van der Waals surface area contributed by atoms with Gasteiger partial charge in [-0.05, 0) is 20.3 Å². The molecule has 0 radical (unpaired) electrons. The van der Waals surface area contributed by atoms with Crippen LogP contribution in [0.1, 0.15) is 32.8 Å². The lowest BCUT2D eigenvalue weighted by Crippen LogP contribution is -2.40. The van der Waals surface area contributed by atoms with E-state index in [9.17, 15) is 14.7 Å². The summed E-state index contributed by atoms with van der Waals surface area (Å²) >= 11 is 0. The number of nitrogens with zero attached hydrogens (tertiary/aromatic N) is 4. The molecule has 0 aliphatic carbocycles. The molecule has 3 rings (SSSR count). The Bertz CT molecular complexity index is 718. The zero-order chi connectivity index (χ0) is 19.6. The molecule has 27 heavy (non-hydrogen) atoms. The third-order valence-corrected chi connectivity index (χ3v) is 5.15. The van der Waals surface area contributed by atoms with Crippen LogP contribution >= 0.6 is 0 Å². The molecule has 1 amide bonds. The van der Waals surface area contributed by atoms with Gasteiger partial charge in [-0.2, -0.15) is 4.98 Å². The standard InChI is InChI=1S/C18H27N5O4/c1-12(24)20-13-4-5-23(11-13)17-19-10-14(18(2,3)16(25)26)15(21-17)22-6-8-27-9-7-22/h10,13H,4-9,11H2,1-3H3,(H,20,24)(H,25,26). The number of carboxylic acid groups (broad SMARTS) is 1. The normalized spacial score (nSPS) is 20.6. The summed E-state index contributed by atoms with van der Waals surface area (Å²) in [6.07, 6.45) is 2.46. The Morgan fingerprint density at radius 2 is 1.96 bits per heavy atom. The number of carbonyl (C=O) groups is 2. The highest BCUT2D eigenvalue weighted by Gasteiger charge is 2.36. The van der Waals surface area contributed by atoms with Gasteiger partial charge >= 0.3 is 5.97 Å². The zero-order valence-corrected chi connectivity index (χ0v) is 16.1. The Labute approximate surface area is 158 Å². The van der Waals surface area contributed by atoms with Crippen molar-refractivity contribution in [3.8, 4) is 0 Å². The summed E-state index contributed by atoms with van der Waals surface area (Å²) in [4.78, 5) is 36.4. The van der Waals surface area contributed by atoms with Crippen molar-refractivity contribution < 1.29 is 19.4 Å². The number of hydrogen-bond donors (Lipinski definition) is 2.